The standard InChI is InChI=1S/C21H27N3O2/c1-15-7-5-8-16(2)20(15)26-13-6-12-23-21(22)24-18-11-14-25-19-10-4-3-9-17(18)19/h3-5,7-10,18H,6,11-14H2,1-2H3,(H3,22,23,24). The van der Waals surface area contributed by atoms with Gasteiger partial charge < -0.3 is 20.5 Å². The van der Waals surface area contributed by atoms with Gasteiger partial charge in [-0.05, 0) is 31.0 Å². The molecule has 0 spiro atoms. The highest BCUT2D eigenvalue weighted by Gasteiger charge is 2.21. The number of nitrogens with two attached hydrogens (primary N) is 1. The maximum Gasteiger partial charge on any atom is 0.189 e. The van der Waals surface area contributed by atoms with Crippen molar-refractivity contribution in [1.29, 1.82) is 0 Å². The summed E-state index contributed by atoms with van der Waals surface area (Å²) in [6.45, 7) is 6.07. The zero-order chi connectivity index (χ0) is 18.4. The molecule has 0 aliphatic carbocycles. The number of hydrogen-bond donors (Lipinski definition) is 2. The SMILES string of the molecule is Cc1cccc(C)c1OCCCN=C(N)NC1CCOc2ccccc21. The van der Waals surface area contributed by atoms with Crippen molar-refractivity contribution >= 4 is 5.96 Å². The topological polar surface area (TPSA) is 68.9 Å². The average Bonchev–Trinajstić information content (AvgIpc) is 2.64. The van der Waals surface area contributed by atoms with Crippen LogP contribution >= 0.6 is 0 Å². The van der Waals surface area contributed by atoms with Gasteiger partial charge in [0.15, 0.2) is 5.96 Å². The molecule has 1 aliphatic rings. The first kappa shape index (κ1) is 18.1. The molecule has 3 rings (SSSR count). The number of guanidine groups is 1. The molecule has 2 aromatic rings. The Morgan fingerprint density at radius 2 is 1.96 bits per heavy atom. The number of hydrogen-bond acceptors (Lipinski definition) is 3. The van der Waals surface area contributed by atoms with Gasteiger partial charge in [-0.2, -0.15) is 0 Å². The van der Waals surface area contributed by atoms with Gasteiger partial charge in [0.25, 0.3) is 0 Å². The summed E-state index contributed by atoms with van der Waals surface area (Å²) < 4.78 is 11.6. The molecule has 1 heterocycles. The van der Waals surface area contributed by atoms with Crippen LogP contribution in [-0.2, 0) is 0 Å². The highest BCUT2D eigenvalue weighted by molar-refractivity contribution is 5.78. The summed E-state index contributed by atoms with van der Waals surface area (Å²) in [6, 6.07) is 14.4. The van der Waals surface area contributed by atoms with Gasteiger partial charge in [0.1, 0.15) is 11.5 Å². The quantitative estimate of drug-likeness (QED) is 0.474. The molecule has 2 aromatic carbocycles. The third-order valence-electron chi connectivity index (χ3n) is 4.52. The van der Waals surface area contributed by atoms with Gasteiger partial charge >= 0.3 is 0 Å². The van der Waals surface area contributed by atoms with Crippen LogP contribution < -0.4 is 20.5 Å². The second kappa shape index (κ2) is 8.61. The summed E-state index contributed by atoms with van der Waals surface area (Å²) in [5, 5.41) is 3.31. The van der Waals surface area contributed by atoms with E-state index in [2.05, 4.69) is 42.4 Å². The maximum absolute atomic E-state index is 6.06. The molecule has 0 radical (unpaired) electrons. The lowest BCUT2D eigenvalue weighted by atomic mass is 10.0. The van der Waals surface area contributed by atoms with Crippen molar-refractivity contribution in [3.8, 4) is 11.5 Å². The summed E-state index contributed by atoms with van der Waals surface area (Å²) in [5.74, 6) is 2.37. The summed E-state index contributed by atoms with van der Waals surface area (Å²) in [6.07, 6.45) is 1.70. The van der Waals surface area contributed by atoms with Crippen LogP contribution in [0.25, 0.3) is 0 Å². The Hall–Kier alpha value is -2.69. The number of nitrogens with one attached hydrogen (secondary N) is 1. The molecule has 0 saturated carbocycles. The van der Waals surface area contributed by atoms with Crippen LogP contribution in [0.4, 0.5) is 0 Å². The average molecular weight is 353 g/mol. The van der Waals surface area contributed by atoms with E-state index in [-0.39, 0.29) is 6.04 Å². The number of aryl methyl sites for hydroxylation is 2. The fraction of sp³-hybridized carbons (Fsp3) is 0.381. The molecular formula is C21H27N3O2. The van der Waals surface area contributed by atoms with E-state index in [1.165, 1.54) is 0 Å². The predicted molar refractivity (Wildman–Crippen MR) is 105 cm³/mol. The fourth-order valence-corrected chi connectivity index (χ4v) is 3.18. The largest absolute Gasteiger partial charge is 0.493 e. The van der Waals surface area contributed by atoms with Gasteiger partial charge in [0.2, 0.25) is 0 Å². The summed E-state index contributed by atoms with van der Waals surface area (Å²) in [7, 11) is 0. The minimum Gasteiger partial charge on any atom is -0.493 e. The monoisotopic (exact) mass is 353 g/mol. The van der Waals surface area contributed by atoms with Crippen LogP contribution in [0, 0.1) is 13.8 Å². The molecule has 1 atom stereocenters. The van der Waals surface area contributed by atoms with Gasteiger partial charge in [-0.3, -0.25) is 4.99 Å². The zero-order valence-corrected chi connectivity index (χ0v) is 15.5. The number of rotatable bonds is 6. The minimum atomic E-state index is 0.148. The van der Waals surface area contributed by atoms with Crippen LogP contribution in [-0.4, -0.2) is 25.7 Å². The Bertz CT molecular complexity index is 753. The highest BCUT2D eigenvalue weighted by Crippen LogP contribution is 2.31. The van der Waals surface area contributed by atoms with E-state index in [1.807, 2.05) is 24.3 Å². The van der Waals surface area contributed by atoms with Gasteiger partial charge in [0, 0.05) is 24.9 Å². The summed E-state index contributed by atoms with van der Waals surface area (Å²) in [4.78, 5) is 4.43. The lowest BCUT2D eigenvalue weighted by Gasteiger charge is -2.26. The molecule has 138 valence electrons. The number of benzene rings is 2. The van der Waals surface area contributed by atoms with Crippen LogP contribution in [0.15, 0.2) is 47.5 Å². The third kappa shape index (κ3) is 4.48. The Labute approximate surface area is 155 Å². The number of para-hydroxylation sites is 2. The van der Waals surface area contributed by atoms with Gasteiger partial charge in [-0.15, -0.1) is 0 Å². The van der Waals surface area contributed by atoms with Crippen molar-refractivity contribution in [2.75, 3.05) is 19.8 Å². The van der Waals surface area contributed by atoms with E-state index in [0.29, 0.717) is 25.7 Å². The van der Waals surface area contributed by atoms with E-state index in [1.54, 1.807) is 0 Å². The molecule has 0 saturated heterocycles. The molecule has 1 aliphatic heterocycles. The molecule has 3 N–H and O–H groups in total. The van der Waals surface area contributed by atoms with Crippen molar-refractivity contribution in [1.82, 2.24) is 5.32 Å². The summed E-state index contributed by atoms with van der Waals surface area (Å²) >= 11 is 0. The molecule has 5 heteroatoms. The molecule has 5 nitrogen and oxygen atoms in total. The zero-order valence-electron chi connectivity index (χ0n) is 15.5. The summed E-state index contributed by atoms with van der Waals surface area (Å²) in [5.41, 5.74) is 9.52. The van der Waals surface area contributed by atoms with E-state index in [0.717, 1.165) is 41.0 Å². The lowest BCUT2D eigenvalue weighted by Crippen LogP contribution is -2.37. The normalized spacial score (nSPS) is 16.5. The Morgan fingerprint density at radius 1 is 1.19 bits per heavy atom. The van der Waals surface area contributed by atoms with Gasteiger partial charge in [-0.25, -0.2) is 0 Å². The van der Waals surface area contributed by atoms with Crippen LogP contribution in [0.1, 0.15) is 35.6 Å². The van der Waals surface area contributed by atoms with Crippen molar-refractivity contribution in [3.63, 3.8) is 0 Å². The van der Waals surface area contributed by atoms with E-state index in [4.69, 9.17) is 15.2 Å². The Morgan fingerprint density at radius 3 is 2.77 bits per heavy atom. The van der Waals surface area contributed by atoms with Gasteiger partial charge in [-0.1, -0.05) is 36.4 Å². The number of nitrogens with zero attached hydrogens (tertiary/aromatic N) is 1. The van der Waals surface area contributed by atoms with Crippen molar-refractivity contribution in [3.05, 3.63) is 59.2 Å². The highest BCUT2D eigenvalue weighted by atomic mass is 16.5. The first-order chi connectivity index (χ1) is 12.6. The Kier molecular flexibility index (Phi) is 6.00. The Balaban J connectivity index is 1.46. The van der Waals surface area contributed by atoms with Crippen molar-refractivity contribution in [2.24, 2.45) is 10.7 Å². The van der Waals surface area contributed by atoms with Gasteiger partial charge in [0.05, 0.1) is 19.3 Å². The van der Waals surface area contributed by atoms with E-state index >= 15 is 0 Å². The molecule has 0 amide bonds. The lowest BCUT2D eigenvalue weighted by molar-refractivity contribution is 0.262. The third-order valence-corrected chi connectivity index (χ3v) is 4.52. The molecular weight excluding hydrogens is 326 g/mol. The molecule has 0 bridgehead atoms. The van der Waals surface area contributed by atoms with Crippen molar-refractivity contribution in [2.45, 2.75) is 32.7 Å². The molecule has 1 unspecified atom stereocenters. The number of aliphatic imine (C=N–C) groups is 1. The van der Waals surface area contributed by atoms with Crippen LogP contribution in [0.5, 0.6) is 11.5 Å². The molecule has 0 fully saturated rings. The predicted octanol–water partition coefficient (Wildman–Crippen LogP) is 3.50. The van der Waals surface area contributed by atoms with Crippen molar-refractivity contribution < 1.29 is 9.47 Å². The second-order valence-corrected chi connectivity index (χ2v) is 6.56. The number of ether oxygens (including phenoxy) is 2. The smallest absolute Gasteiger partial charge is 0.189 e. The fourth-order valence-electron chi connectivity index (χ4n) is 3.18. The van der Waals surface area contributed by atoms with E-state index < -0.39 is 0 Å². The molecule has 0 aromatic heterocycles. The number of fused-ring (bicyclic) bond motifs is 1. The van der Waals surface area contributed by atoms with Crippen LogP contribution in [0.2, 0.25) is 0 Å². The second-order valence-electron chi connectivity index (χ2n) is 6.56. The first-order valence-corrected chi connectivity index (χ1v) is 9.12. The minimum absolute atomic E-state index is 0.148. The maximum atomic E-state index is 6.06. The first-order valence-electron chi connectivity index (χ1n) is 9.12. The van der Waals surface area contributed by atoms with E-state index in [9.17, 15) is 0 Å². The van der Waals surface area contributed by atoms with Crippen LogP contribution in [0.3, 0.4) is 0 Å². The molecule has 26 heavy (non-hydrogen) atoms.